The van der Waals surface area contributed by atoms with E-state index in [9.17, 15) is 26.4 Å². The number of aromatic nitrogens is 2. The SMILES string of the molecule is COCCOCOc1ccc(N2CCc3cc(-c4ncc(C(F)(F)F)cn4)ccc3C2=O)cc1NS(C)(=O)=O. The Morgan fingerprint density at radius 3 is 2.49 bits per heavy atom. The van der Waals surface area contributed by atoms with Gasteiger partial charge in [0, 0.05) is 42.9 Å². The highest BCUT2D eigenvalue weighted by atomic mass is 32.2. The van der Waals surface area contributed by atoms with Crippen molar-refractivity contribution in [2.45, 2.75) is 12.6 Å². The van der Waals surface area contributed by atoms with Crippen LogP contribution in [0.4, 0.5) is 24.5 Å². The van der Waals surface area contributed by atoms with Crippen LogP contribution in [0.3, 0.4) is 0 Å². The van der Waals surface area contributed by atoms with Gasteiger partial charge in [0.15, 0.2) is 12.6 Å². The van der Waals surface area contributed by atoms with E-state index in [-0.39, 0.29) is 43.1 Å². The summed E-state index contributed by atoms with van der Waals surface area (Å²) in [6.45, 7) is 0.802. The largest absolute Gasteiger partial charge is 0.465 e. The first kappa shape index (κ1) is 28.3. The number of anilines is 2. The van der Waals surface area contributed by atoms with Crippen LogP contribution >= 0.6 is 0 Å². The van der Waals surface area contributed by atoms with Gasteiger partial charge in [0.25, 0.3) is 5.91 Å². The van der Waals surface area contributed by atoms with Crippen molar-refractivity contribution in [3.05, 3.63) is 65.5 Å². The van der Waals surface area contributed by atoms with Crippen molar-refractivity contribution in [1.29, 1.82) is 0 Å². The number of ether oxygens (including phenoxy) is 3. The van der Waals surface area contributed by atoms with Gasteiger partial charge in [-0.15, -0.1) is 0 Å². The molecule has 10 nitrogen and oxygen atoms in total. The van der Waals surface area contributed by atoms with Crippen molar-refractivity contribution in [2.24, 2.45) is 0 Å². The molecule has 2 heterocycles. The van der Waals surface area contributed by atoms with Crippen LogP contribution in [0.1, 0.15) is 21.5 Å². The minimum atomic E-state index is -4.54. The second-order valence-electron chi connectivity index (χ2n) is 8.59. The first-order chi connectivity index (χ1) is 18.5. The summed E-state index contributed by atoms with van der Waals surface area (Å²) in [6, 6.07) is 9.50. The molecule has 1 N–H and O–H groups in total. The summed E-state index contributed by atoms with van der Waals surface area (Å²) in [5.41, 5.74) is 1.21. The van der Waals surface area contributed by atoms with Gasteiger partial charge in [0.05, 0.1) is 30.7 Å². The number of hydrogen-bond donors (Lipinski definition) is 1. The standard InChI is InChI=1S/C25H25F3N4O6S/c1-36-9-10-37-15-38-22-6-4-19(12-21(22)31-39(2,34)35)32-8-7-16-11-17(3-5-20(16)24(32)33)23-29-13-18(14-30-23)25(26,27)28/h3-6,11-14,31H,7-10,15H2,1-2H3. The fourth-order valence-electron chi connectivity index (χ4n) is 3.89. The van der Waals surface area contributed by atoms with Crippen LogP contribution < -0.4 is 14.4 Å². The van der Waals surface area contributed by atoms with E-state index >= 15 is 0 Å². The van der Waals surface area contributed by atoms with E-state index in [0.717, 1.165) is 18.6 Å². The van der Waals surface area contributed by atoms with Gasteiger partial charge in [-0.3, -0.25) is 9.52 Å². The average Bonchev–Trinajstić information content (AvgIpc) is 2.88. The summed E-state index contributed by atoms with van der Waals surface area (Å²) < 4.78 is 80.5. The average molecular weight is 567 g/mol. The highest BCUT2D eigenvalue weighted by molar-refractivity contribution is 7.92. The molecule has 39 heavy (non-hydrogen) atoms. The number of carbonyl (C=O) groups is 1. The molecule has 0 radical (unpaired) electrons. The molecule has 0 atom stereocenters. The van der Waals surface area contributed by atoms with E-state index in [1.807, 2.05) is 0 Å². The lowest BCUT2D eigenvalue weighted by atomic mass is 9.96. The number of carbonyl (C=O) groups excluding carboxylic acids is 1. The zero-order valence-electron chi connectivity index (χ0n) is 21.0. The maximum Gasteiger partial charge on any atom is 0.419 e. The van der Waals surface area contributed by atoms with Gasteiger partial charge in [-0.25, -0.2) is 18.4 Å². The Morgan fingerprint density at radius 2 is 1.82 bits per heavy atom. The molecule has 1 amide bonds. The summed E-state index contributed by atoms with van der Waals surface area (Å²) >= 11 is 0. The van der Waals surface area contributed by atoms with E-state index in [4.69, 9.17) is 14.2 Å². The topological polar surface area (TPSA) is 120 Å². The molecule has 2 aromatic carbocycles. The van der Waals surface area contributed by atoms with Gasteiger partial charge in [0.1, 0.15) is 5.75 Å². The molecule has 0 fully saturated rings. The Labute approximate surface area is 222 Å². The summed E-state index contributed by atoms with van der Waals surface area (Å²) in [6.07, 6.45) is -1.66. The Morgan fingerprint density at radius 1 is 1.08 bits per heavy atom. The Kier molecular flexibility index (Phi) is 8.37. The third-order valence-corrected chi connectivity index (χ3v) is 6.31. The lowest BCUT2D eigenvalue weighted by Gasteiger charge is -2.29. The zero-order chi connectivity index (χ0) is 28.2. The maximum atomic E-state index is 13.3. The smallest absolute Gasteiger partial charge is 0.419 e. The normalized spacial score (nSPS) is 13.8. The first-order valence-corrected chi connectivity index (χ1v) is 13.5. The third-order valence-electron chi connectivity index (χ3n) is 5.72. The van der Waals surface area contributed by atoms with Gasteiger partial charge >= 0.3 is 6.18 Å². The van der Waals surface area contributed by atoms with Crippen LogP contribution in [0.2, 0.25) is 0 Å². The van der Waals surface area contributed by atoms with Crippen LogP contribution in [0.5, 0.6) is 5.75 Å². The molecule has 208 valence electrons. The molecule has 3 aromatic rings. The minimum Gasteiger partial charge on any atom is -0.465 e. The third kappa shape index (κ3) is 7.02. The molecule has 1 aliphatic heterocycles. The number of methoxy groups -OCH3 is 1. The number of alkyl halides is 3. The molecular formula is C25H25F3N4O6S. The van der Waals surface area contributed by atoms with Gasteiger partial charge in [-0.05, 0) is 42.3 Å². The summed E-state index contributed by atoms with van der Waals surface area (Å²) in [5, 5.41) is 0. The summed E-state index contributed by atoms with van der Waals surface area (Å²) in [4.78, 5) is 22.5. The first-order valence-electron chi connectivity index (χ1n) is 11.6. The highest BCUT2D eigenvalue weighted by Gasteiger charge is 2.31. The van der Waals surface area contributed by atoms with Crippen molar-refractivity contribution < 1.29 is 40.6 Å². The molecule has 0 bridgehead atoms. The quantitative estimate of drug-likeness (QED) is 0.291. The van der Waals surface area contributed by atoms with Crippen molar-refractivity contribution in [2.75, 3.05) is 49.5 Å². The van der Waals surface area contributed by atoms with Gasteiger partial charge in [-0.1, -0.05) is 6.07 Å². The van der Waals surface area contributed by atoms with Gasteiger partial charge in [-0.2, -0.15) is 13.2 Å². The molecule has 14 heteroatoms. The molecule has 0 saturated heterocycles. The second kappa shape index (κ2) is 11.6. The number of benzene rings is 2. The molecule has 1 aliphatic rings. The van der Waals surface area contributed by atoms with E-state index in [0.29, 0.717) is 35.4 Å². The zero-order valence-corrected chi connectivity index (χ0v) is 21.8. The molecule has 1 aromatic heterocycles. The Bertz CT molecular complexity index is 1450. The number of nitrogens with one attached hydrogen (secondary N) is 1. The number of sulfonamides is 1. The minimum absolute atomic E-state index is 0.110. The van der Waals surface area contributed by atoms with Crippen LogP contribution in [0.25, 0.3) is 11.4 Å². The number of amides is 1. The van der Waals surface area contributed by atoms with Crippen LogP contribution in [-0.4, -0.2) is 64.2 Å². The van der Waals surface area contributed by atoms with Crippen LogP contribution in [-0.2, 0) is 32.1 Å². The van der Waals surface area contributed by atoms with Crippen molar-refractivity contribution in [3.8, 4) is 17.1 Å². The van der Waals surface area contributed by atoms with Crippen molar-refractivity contribution in [3.63, 3.8) is 0 Å². The van der Waals surface area contributed by atoms with Crippen molar-refractivity contribution in [1.82, 2.24) is 9.97 Å². The van der Waals surface area contributed by atoms with Crippen LogP contribution in [0, 0.1) is 0 Å². The van der Waals surface area contributed by atoms with E-state index in [1.165, 1.54) is 24.1 Å². The van der Waals surface area contributed by atoms with Crippen molar-refractivity contribution >= 4 is 27.3 Å². The number of hydrogen-bond acceptors (Lipinski definition) is 8. The predicted molar refractivity (Wildman–Crippen MR) is 136 cm³/mol. The summed E-state index contributed by atoms with van der Waals surface area (Å²) in [7, 11) is -2.13. The number of rotatable bonds is 10. The lowest BCUT2D eigenvalue weighted by Crippen LogP contribution is -2.37. The van der Waals surface area contributed by atoms with E-state index in [2.05, 4.69) is 14.7 Å². The fourth-order valence-corrected chi connectivity index (χ4v) is 4.45. The second-order valence-corrected chi connectivity index (χ2v) is 10.3. The fraction of sp³-hybridized carbons (Fsp3) is 0.320. The molecule has 0 saturated carbocycles. The van der Waals surface area contributed by atoms with Gasteiger partial charge in [0.2, 0.25) is 10.0 Å². The Hall–Kier alpha value is -3.75. The summed E-state index contributed by atoms with van der Waals surface area (Å²) in [5.74, 6) is 0.00426. The predicted octanol–water partition coefficient (Wildman–Crippen LogP) is 3.74. The molecule has 4 rings (SSSR count). The Balaban J connectivity index is 1.55. The molecular weight excluding hydrogens is 541 g/mol. The van der Waals surface area contributed by atoms with Gasteiger partial charge < -0.3 is 19.1 Å². The highest BCUT2D eigenvalue weighted by Crippen LogP contribution is 2.34. The monoisotopic (exact) mass is 566 g/mol. The number of nitrogens with zero attached hydrogens (tertiary/aromatic N) is 3. The number of halogens is 3. The molecule has 0 unspecified atom stereocenters. The maximum absolute atomic E-state index is 13.3. The lowest BCUT2D eigenvalue weighted by molar-refractivity contribution is -0.138. The van der Waals surface area contributed by atoms with Crippen LogP contribution in [0.15, 0.2) is 48.8 Å². The molecule has 0 aliphatic carbocycles. The molecule has 0 spiro atoms. The van der Waals surface area contributed by atoms with E-state index < -0.39 is 21.8 Å². The number of fused-ring (bicyclic) bond motifs is 1. The van der Waals surface area contributed by atoms with E-state index in [1.54, 1.807) is 24.3 Å².